The summed E-state index contributed by atoms with van der Waals surface area (Å²) in [6, 6.07) is 3.43. The number of hydrogen-bond donors (Lipinski definition) is 4. The SMILES string of the molecule is CNC(=O)Nc1cc(C(C)(C)Cn2nc(C(C)(C)C)cc2N)[nH]n1. The largest absolute Gasteiger partial charge is 0.384 e. The van der Waals surface area contributed by atoms with E-state index in [0.29, 0.717) is 18.2 Å². The Labute approximate surface area is 142 Å². The molecule has 0 aromatic carbocycles. The van der Waals surface area contributed by atoms with E-state index in [1.807, 2.05) is 16.8 Å². The molecule has 0 aliphatic heterocycles. The molecule has 0 bridgehead atoms. The van der Waals surface area contributed by atoms with Gasteiger partial charge in [0.05, 0.1) is 12.2 Å². The van der Waals surface area contributed by atoms with E-state index in [9.17, 15) is 4.79 Å². The molecule has 0 saturated heterocycles. The summed E-state index contributed by atoms with van der Waals surface area (Å²) in [6.45, 7) is 11.1. The molecule has 132 valence electrons. The number of nitrogens with zero attached hydrogens (tertiary/aromatic N) is 3. The van der Waals surface area contributed by atoms with E-state index in [2.05, 4.69) is 60.5 Å². The maximum atomic E-state index is 11.4. The zero-order valence-electron chi connectivity index (χ0n) is 15.2. The lowest BCUT2D eigenvalue weighted by molar-refractivity contribution is 0.254. The first kappa shape index (κ1) is 17.8. The first-order valence-corrected chi connectivity index (χ1v) is 7.91. The normalized spacial score (nSPS) is 12.2. The summed E-state index contributed by atoms with van der Waals surface area (Å²) in [5.41, 5.74) is 7.63. The lowest BCUT2D eigenvalue weighted by Gasteiger charge is -2.23. The van der Waals surface area contributed by atoms with Gasteiger partial charge in [-0.25, -0.2) is 9.48 Å². The number of H-pyrrole nitrogens is 1. The zero-order chi connectivity index (χ0) is 18.1. The standard InChI is InChI=1S/C16H27N7O/c1-15(2,3)10-7-12(17)23(22-10)9-16(4,5)11-8-13(21-20-11)19-14(24)18-6/h7-8H,9,17H2,1-6H3,(H3,18,19,20,21,24). The van der Waals surface area contributed by atoms with Crippen molar-refractivity contribution in [1.82, 2.24) is 25.3 Å². The van der Waals surface area contributed by atoms with Gasteiger partial charge in [-0.05, 0) is 0 Å². The zero-order valence-corrected chi connectivity index (χ0v) is 15.2. The quantitative estimate of drug-likeness (QED) is 0.687. The summed E-state index contributed by atoms with van der Waals surface area (Å²) < 4.78 is 1.81. The summed E-state index contributed by atoms with van der Waals surface area (Å²) in [7, 11) is 1.56. The number of aromatic amines is 1. The number of anilines is 2. The number of nitrogens with one attached hydrogen (secondary N) is 3. The number of aromatic nitrogens is 4. The summed E-state index contributed by atoms with van der Waals surface area (Å²) in [5, 5.41) is 16.9. The molecule has 8 heteroatoms. The van der Waals surface area contributed by atoms with Crippen LogP contribution in [0.2, 0.25) is 0 Å². The number of nitrogens with two attached hydrogens (primary N) is 1. The molecule has 2 rings (SSSR count). The summed E-state index contributed by atoms with van der Waals surface area (Å²) in [6.07, 6.45) is 0. The van der Waals surface area contributed by atoms with Gasteiger partial charge in [-0.3, -0.25) is 10.4 Å². The van der Waals surface area contributed by atoms with Gasteiger partial charge in [0.2, 0.25) is 0 Å². The van der Waals surface area contributed by atoms with Crippen molar-refractivity contribution in [2.45, 2.75) is 52.0 Å². The van der Waals surface area contributed by atoms with Crippen LogP contribution in [0.25, 0.3) is 0 Å². The minimum atomic E-state index is -0.308. The van der Waals surface area contributed by atoms with Crippen molar-refractivity contribution >= 4 is 17.7 Å². The molecule has 2 aromatic heterocycles. The number of carbonyl (C=O) groups excluding carboxylic acids is 1. The fraction of sp³-hybridized carbons (Fsp3) is 0.562. The van der Waals surface area contributed by atoms with E-state index < -0.39 is 0 Å². The monoisotopic (exact) mass is 333 g/mol. The molecule has 0 fully saturated rings. The van der Waals surface area contributed by atoms with Crippen molar-refractivity contribution in [3.63, 3.8) is 0 Å². The molecule has 2 heterocycles. The van der Waals surface area contributed by atoms with Crippen molar-refractivity contribution in [2.75, 3.05) is 18.1 Å². The summed E-state index contributed by atoms with van der Waals surface area (Å²) in [4.78, 5) is 11.4. The van der Waals surface area contributed by atoms with Gasteiger partial charge in [-0.1, -0.05) is 34.6 Å². The fourth-order valence-electron chi connectivity index (χ4n) is 2.30. The predicted molar refractivity (Wildman–Crippen MR) is 95.0 cm³/mol. The first-order chi connectivity index (χ1) is 11.0. The molecule has 2 aromatic rings. The summed E-state index contributed by atoms with van der Waals surface area (Å²) in [5.74, 6) is 1.11. The Morgan fingerprint density at radius 2 is 1.96 bits per heavy atom. The highest BCUT2D eigenvalue weighted by atomic mass is 16.2. The number of rotatable bonds is 4. The van der Waals surface area contributed by atoms with Gasteiger partial charge in [-0.2, -0.15) is 10.2 Å². The topological polar surface area (TPSA) is 114 Å². The van der Waals surface area contributed by atoms with Crippen LogP contribution in [0, 0.1) is 0 Å². The van der Waals surface area contributed by atoms with Crippen molar-refractivity contribution in [2.24, 2.45) is 0 Å². The smallest absolute Gasteiger partial charge is 0.320 e. The van der Waals surface area contributed by atoms with E-state index in [-0.39, 0.29) is 16.9 Å². The third-order valence-corrected chi connectivity index (χ3v) is 3.90. The van der Waals surface area contributed by atoms with Gasteiger partial charge in [0, 0.05) is 35.7 Å². The molecule has 0 aliphatic carbocycles. The van der Waals surface area contributed by atoms with Crippen molar-refractivity contribution in [3.8, 4) is 0 Å². The number of urea groups is 1. The second-order valence-corrected chi connectivity index (χ2v) is 7.62. The van der Waals surface area contributed by atoms with Crippen LogP contribution in [0.5, 0.6) is 0 Å². The van der Waals surface area contributed by atoms with Crippen molar-refractivity contribution in [1.29, 1.82) is 0 Å². The van der Waals surface area contributed by atoms with Crippen LogP contribution in [0.4, 0.5) is 16.4 Å². The van der Waals surface area contributed by atoms with Gasteiger partial charge in [0.1, 0.15) is 5.82 Å². The Bertz CT molecular complexity index is 721. The molecule has 0 unspecified atom stereocenters. The molecule has 2 amide bonds. The van der Waals surface area contributed by atoms with Gasteiger partial charge < -0.3 is 11.1 Å². The van der Waals surface area contributed by atoms with Gasteiger partial charge in [0.15, 0.2) is 5.82 Å². The van der Waals surface area contributed by atoms with E-state index in [1.54, 1.807) is 7.05 Å². The highest BCUT2D eigenvalue weighted by Gasteiger charge is 2.27. The number of nitrogen functional groups attached to an aromatic ring is 1. The van der Waals surface area contributed by atoms with Crippen molar-refractivity contribution < 1.29 is 4.79 Å². The maximum absolute atomic E-state index is 11.4. The number of amides is 2. The average Bonchev–Trinajstić information content (AvgIpc) is 3.06. The highest BCUT2D eigenvalue weighted by molar-refractivity contribution is 5.87. The Morgan fingerprint density at radius 3 is 2.50 bits per heavy atom. The van der Waals surface area contributed by atoms with Crippen molar-refractivity contribution in [3.05, 3.63) is 23.5 Å². The average molecular weight is 333 g/mol. The molecule has 5 N–H and O–H groups in total. The van der Waals surface area contributed by atoms with Crippen LogP contribution in [0.15, 0.2) is 12.1 Å². The van der Waals surface area contributed by atoms with E-state index in [0.717, 1.165) is 11.4 Å². The first-order valence-electron chi connectivity index (χ1n) is 7.91. The number of carbonyl (C=O) groups is 1. The Balaban J connectivity index is 2.19. The van der Waals surface area contributed by atoms with Crippen LogP contribution in [-0.2, 0) is 17.4 Å². The Kier molecular flexibility index (Phi) is 4.59. The molecule has 0 radical (unpaired) electrons. The molecule has 0 aliphatic rings. The van der Waals surface area contributed by atoms with E-state index >= 15 is 0 Å². The van der Waals surface area contributed by atoms with Gasteiger partial charge in [0.25, 0.3) is 0 Å². The molecular formula is C16H27N7O. The van der Waals surface area contributed by atoms with Crippen LogP contribution >= 0.6 is 0 Å². The number of hydrogen-bond acceptors (Lipinski definition) is 4. The van der Waals surface area contributed by atoms with E-state index in [1.165, 1.54) is 0 Å². The predicted octanol–water partition coefficient (Wildman–Crippen LogP) is 2.21. The molecule has 8 nitrogen and oxygen atoms in total. The molecule has 0 atom stereocenters. The minimum Gasteiger partial charge on any atom is -0.384 e. The lowest BCUT2D eigenvalue weighted by Crippen LogP contribution is -2.27. The second-order valence-electron chi connectivity index (χ2n) is 7.62. The molecule has 0 spiro atoms. The van der Waals surface area contributed by atoms with Gasteiger partial charge >= 0.3 is 6.03 Å². The van der Waals surface area contributed by atoms with Crippen LogP contribution in [0.3, 0.4) is 0 Å². The van der Waals surface area contributed by atoms with Gasteiger partial charge in [-0.15, -0.1) is 0 Å². The third-order valence-electron chi connectivity index (χ3n) is 3.90. The highest BCUT2D eigenvalue weighted by Crippen LogP contribution is 2.28. The third kappa shape index (κ3) is 3.87. The minimum absolute atomic E-state index is 0.0535. The summed E-state index contributed by atoms with van der Waals surface area (Å²) >= 11 is 0. The molecular weight excluding hydrogens is 306 g/mol. The van der Waals surface area contributed by atoms with Crippen LogP contribution in [-0.4, -0.2) is 33.1 Å². The Hall–Kier alpha value is -2.51. The maximum Gasteiger partial charge on any atom is 0.320 e. The fourth-order valence-corrected chi connectivity index (χ4v) is 2.30. The van der Waals surface area contributed by atoms with Crippen LogP contribution < -0.4 is 16.4 Å². The second kappa shape index (κ2) is 6.18. The molecule has 0 saturated carbocycles. The lowest BCUT2D eigenvalue weighted by atomic mass is 9.89. The Morgan fingerprint density at radius 1 is 1.29 bits per heavy atom. The van der Waals surface area contributed by atoms with Crippen LogP contribution in [0.1, 0.15) is 46.0 Å². The van der Waals surface area contributed by atoms with E-state index in [4.69, 9.17) is 5.73 Å². The molecule has 24 heavy (non-hydrogen) atoms.